The summed E-state index contributed by atoms with van der Waals surface area (Å²) in [4.78, 5) is 39.6. The Morgan fingerprint density at radius 1 is 1.11 bits per heavy atom. The second-order valence-electron chi connectivity index (χ2n) is 12.1. The molecule has 9 unspecified atom stereocenters. The Kier molecular flexibility index (Phi) is 6.57. The minimum absolute atomic E-state index is 0.0736. The number of ketones is 1. The quantitative estimate of drug-likeness (QED) is 0.236. The molecular weight excluding hydrogens is 484 g/mol. The normalized spacial score (nSPS) is 44.4. The van der Waals surface area contributed by atoms with Crippen molar-refractivity contribution in [2.75, 3.05) is 6.61 Å². The predicted octanol–water partition coefficient (Wildman–Crippen LogP) is 0.734. The van der Waals surface area contributed by atoms with Crippen molar-refractivity contribution < 1.29 is 49.0 Å². The third-order valence-electron chi connectivity index (χ3n) is 9.35. The van der Waals surface area contributed by atoms with Crippen LogP contribution in [0, 0.1) is 16.7 Å². The molecule has 10 heteroatoms. The van der Waals surface area contributed by atoms with Gasteiger partial charge in [0.2, 0.25) is 0 Å². The smallest absolute Gasteiger partial charge is 0.331 e. The van der Waals surface area contributed by atoms with E-state index in [4.69, 9.17) is 14.2 Å². The van der Waals surface area contributed by atoms with Gasteiger partial charge in [-0.05, 0) is 38.8 Å². The number of aliphatic hydroxyl groups excluding tert-OH is 3. The van der Waals surface area contributed by atoms with Gasteiger partial charge in [0.25, 0.3) is 0 Å². The average Bonchev–Trinajstić information content (AvgIpc) is 2.76. The first kappa shape index (κ1) is 27.9. The van der Waals surface area contributed by atoms with E-state index in [1.165, 1.54) is 19.9 Å². The maximum absolute atomic E-state index is 14.2. The van der Waals surface area contributed by atoms with Gasteiger partial charge >= 0.3 is 11.9 Å². The number of aliphatic hydroxyl groups is 4. The Balaban J connectivity index is 2.08. The molecule has 0 aromatic heterocycles. The summed E-state index contributed by atoms with van der Waals surface area (Å²) >= 11 is 0. The molecule has 0 radical (unpaired) electrons. The standard InChI is InChI=1S/C27H38O10/c1-12(2)8-18(31)36-23-21-25(7,16(30)9-17-26(21,11-35-17)37-14(4)28)22(33)20(32)19-13(3)15(29)10-27(23,34)24(19,5)6/h8,15-17,20-21,23,29-30,32,34H,9-11H2,1-7H3. The highest BCUT2D eigenvalue weighted by Crippen LogP contribution is 2.63. The van der Waals surface area contributed by atoms with Crippen molar-refractivity contribution in [2.24, 2.45) is 16.7 Å². The number of hydrogen-bond acceptors (Lipinski definition) is 10. The summed E-state index contributed by atoms with van der Waals surface area (Å²) < 4.78 is 17.5. The first-order valence-electron chi connectivity index (χ1n) is 12.6. The van der Waals surface area contributed by atoms with Crippen molar-refractivity contribution in [2.45, 2.75) is 103 Å². The molecule has 2 bridgehead atoms. The fourth-order valence-electron chi connectivity index (χ4n) is 7.30. The third kappa shape index (κ3) is 3.67. The molecule has 2 saturated carbocycles. The Morgan fingerprint density at radius 2 is 1.73 bits per heavy atom. The number of allylic oxidation sites excluding steroid dienone is 1. The Morgan fingerprint density at radius 3 is 2.24 bits per heavy atom. The van der Waals surface area contributed by atoms with E-state index >= 15 is 0 Å². The zero-order chi connectivity index (χ0) is 27.9. The minimum atomic E-state index is -2.04. The lowest BCUT2D eigenvalue weighted by Gasteiger charge is -2.67. The number of esters is 2. The zero-order valence-corrected chi connectivity index (χ0v) is 22.4. The second kappa shape index (κ2) is 8.71. The predicted molar refractivity (Wildman–Crippen MR) is 129 cm³/mol. The van der Waals surface area contributed by atoms with Crippen LogP contribution in [-0.4, -0.2) is 86.5 Å². The average molecular weight is 523 g/mol. The fourth-order valence-corrected chi connectivity index (χ4v) is 7.30. The van der Waals surface area contributed by atoms with Gasteiger partial charge in [-0.3, -0.25) is 9.59 Å². The van der Waals surface area contributed by atoms with E-state index < -0.39 is 76.2 Å². The SMILES string of the molecule is CC(=O)OC12COC1CC(O)C1(C)C(=O)C(O)C3=C(C)C(O)CC(O)(C(OC(=O)C=C(C)C)C21)C3(C)C. The van der Waals surface area contributed by atoms with Crippen molar-refractivity contribution in [3.05, 3.63) is 22.8 Å². The van der Waals surface area contributed by atoms with Crippen LogP contribution in [0.2, 0.25) is 0 Å². The Bertz CT molecular complexity index is 1090. The van der Waals surface area contributed by atoms with E-state index in [-0.39, 0.29) is 25.0 Å². The first-order valence-corrected chi connectivity index (χ1v) is 12.6. The van der Waals surface area contributed by atoms with Crippen molar-refractivity contribution in [3.8, 4) is 0 Å². The summed E-state index contributed by atoms with van der Waals surface area (Å²) in [5.41, 5.74) is -5.69. The van der Waals surface area contributed by atoms with Gasteiger partial charge in [-0.15, -0.1) is 0 Å². The largest absolute Gasteiger partial charge is 0.456 e. The number of fused-ring (bicyclic) bond motifs is 5. The van der Waals surface area contributed by atoms with E-state index in [9.17, 15) is 34.8 Å². The van der Waals surface area contributed by atoms with Gasteiger partial charge in [0.05, 0.1) is 30.1 Å². The van der Waals surface area contributed by atoms with E-state index in [0.29, 0.717) is 11.1 Å². The summed E-state index contributed by atoms with van der Waals surface area (Å²) in [6, 6.07) is 0. The number of hydrogen-bond donors (Lipinski definition) is 4. The maximum Gasteiger partial charge on any atom is 0.331 e. The molecular formula is C27H38O10. The first-order chi connectivity index (χ1) is 16.9. The van der Waals surface area contributed by atoms with Crippen molar-refractivity contribution in [1.29, 1.82) is 0 Å². The van der Waals surface area contributed by atoms with Crippen LogP contribution >= 0.6 is 0 Å². The highest BCUT2D eigenvalue weighted by atomic mass is 16.6. The van der Waals surface area contributed by atoms with Crippen molar-refractivity contribution in [3.63, 3.8) is 0 Å². The molecule has 0 aromatic carbocycles. The highest BCUT2D eigenvalue weighted by molar-refractivity contribution is 5.93. The number of Topliss-reactive ketones (excluding diaryl/α,β-unsaturated/α-hetero) is 1. The molecule has 206 valence electrons. The van der Waals surface area contributed by atoms with Crippen LogP contribution in [0.3, 0.4) is 0 Å². The van der Waals surface area contributed by atoms with Crippen molar-refractivity contribution in [1.82, 2.24) is 0 Å². The van der Waals surface area contributed by atoms with Gasteiger partial charge in [0.15, 0.2) is 11.4 Å². The molecule has 1 saturated heterocycles. The molecule has 3 fully saturated rings. The van der Waals surface area contributed by atoms with Crippen LogP contribution in [0.5, 0.6) is 0 Å². The van der Waals surface area contributed by atoms with Crippen LogP contribution in [0.1, 0.15) is 61.3 Å². The molecule has 4 aliphatic rings. The molecule has 0 spiro atoms. The third-order valence-corrected chi connectivity index (χ3v) is 9.35. The van der Waals surface area contributed by atoms with Gasteiger partial charge in [-0.2, -0.15) is 0 Å². The molecule has 1 heterocycles. The van der Waals surface area contributed by atoms with Crippen LogP contribution in [0.15, 0.2) is 22.8 Å². The summed E-state index contributed by atoms with van der Waals surface area (Å²) in [6.45, 7) is 10.7. The summed E-state index contributed by atoms with van der Waals surface area (Å²) in [5, 5.41) is 46.4. The van der Waals surface area contributed by atoms with Gasteiger partial charge in [0.1, 0.15) is 23.9 Å². The number of rotatable bonds is 3. The van der Waals surface area contributed by atoms with Crippen LogP contribution in [0.4, 0.5) is 0 Å². The maximum atomic E-state index is 14.2. The van der Waals surface area contributed by atoms with E-state index in [1.807, 2.05) is 0 Å². The van der Waals surface area contributed by atoms with Gasteiger partial charge < -0.3 is 34.6 Å². The molecule has 4 rings (SSSR count). The Labute approximate surface area is 216 Å². The number of carbonyl (C=O) groups is 3. The van der Waals surface area contributed by atoms with Gasteiger partial charge in [-0.25, -0.2) is 4.79 Å². The second-order valence-corrected chi connectivity index (χ2v) is 12.1. The fraction of sp³-hybridized carbons (Fsp3) is 0.741. The highest BCUT2D eigenvalue weighted by Gasteiger charge is 2.77. The van der Waals surface area contributed by atoms with Crippen LogP contribution < -0.4 is 0 Å². The monoisotopic (exact) mass is 522 g/mol. The summed E-state index contributed by atoms with van der Waals surface area (Å²) in [6.07, 6.45) is -5.91. The number of carbonyl (C=O) groups excluding carboxylic acids is 3. The van der Waals surface area contributed by atoms with Gasteiger partial charge in [-0.1, -0.05) is 19.4 Å². The van der Waals surface area contributed by atoms with Crippen LogP contribution in [0.25, 0.3) is 0 Å². The van der Waals surface area contributed by atoms with E-state index in [0.717, 1.165) is 0 Å². The van der Waals surface area contributed by atoms with E-state index in [2.05, 4.69) is 0 Å². The van der Waals surface area contributed by atoms with E-state index in [1.54, 1.807) is 34.6 Å². The van der Waals surface area contributed by atoms with Crippen LogP contribution in [-0.2, 0) is 28.6 Å². The summed E-state index contributed by atoms with van der Waals surface area (Å²) in [7, 11) is 0. The number of ether oxygens (including phenoxy) is 3. The van der Waals surface area contributed by atoms with Crippen molar-refractivity contribution >= 4 is 17.7 Å². The zero-order valence-electron chi connectivity index (χ0n) is 22.4. The lowest BCUT2D eigenvalue weighted by atomic mass is 9.44. The minimum Gasteiger partial charge on any atom is -0.456 e. The Hall–Kier alpha value is -2.11. The topological polar surface area (TPSA) is 160 Å². The molecule has 0 aromatic rings. The van der Waals surface area contributed by atoms with Gasteiger partial charge in [0, 0.05) is 31.3 Å². The molecule has 10 nitrogen and oxygen atoms in total. The molecule has 1 aliphatic heterocycles. The molecule has 3 aliphatic carbocycles. The lowest BCUT2D eigenvalue weighted by molar-refractivity contribution is -0.347. The molecule has 4 N–H and O–H groups in total. The molecule has 0 amide bonds. The molecule has 9 atom stereocenters. The summed E-state index contributed by atoms with van der Waals surface area (Å²) in [5.74, 6) is -3.56. The molecule has 37 heavy (non-hydrogen) atoms. The lowest BCUT2D eigenvalue weighted by Crippen LogP contribution is -2.81.